The molecule has 0 radical (unpaired) electrons. The summed E-state index contributed by atoms with van der Waals surface area (Å²) in [6.45, 7) is 4.11. The molecule has 178 valence electrons. The lowest BCUT2D eigenvalue weighted by molar-refractivity contribution is -0.139. The highest BCUT2D eigenvalue weighted by Crippen LogP contribution is 2.34. The van der Waals surface area contributed by atoms with Gasteiger partial charge in [-0.15, -0.1) is 5.10 Å². The highest BCUT2D eigenvalue weighted by Gasteiger charge is 2.28. The zero-order valence-corrected chi connectivity index (χ0v) is 19.5. The number of aryl methyl sites for hydroxylation is 1. The number of ether oxygens (including phenoxy) is 2. The van der Waals surface area contributed by atoms with Crippen LogP contribution in [0, 0.1) is 6.92 Å². The van der Waals surface area contributed by atoms with Crippen molar-refractivity contribution in [3.05, 3.63) is 77.9 Å². The van der Waals surface area contributed by atoms with Crippen molar-refractivity contribution >= 4 is 28.5 Å². The summed E-state index contributed by atoms with van der Waals surface area (Å²) < 4.78 is 12.3. The van der Waals surface area contributed by atoms with Gasteiger partial charge >= 0.3 is 0 Å². The van der Waals surface area contributed by atoms with E-state index in [1.807, 2.05) is 55.5 Å². The standard InChI is InChI=1S/C26H25N5O4/c1-17-7-3-4-8-19(17)14-30(25(32)15-31-22-10-6-5-9-21(22)28-29-31)18(2)26(33)27-20-11-12-23-24(13-20)35-16-34-23/h3-13,18H,14-16H2,1-2H3,(H,27,33). The Hall–Kier alpha value is -4.40. The molecule has 1 atom stereocenters. The van der Waals surface area contributed by atoms with Crippen LogP contribution in [0.5, 0.6) is 11.5 Å². The van der Waals surface area contributed by atoms with E-state index in [1.165, 1.54) is 0 Å². The number of nitrogens with one attached hydrogen (secondary N) is 1. The highest BCUT2D eigenvalue weighted by molar-refractivity contribution is 5.97. The zero-order chi connectivity index (χ0) is 24.4. The van der Waals surface area contributed by atoms with Crippen molar-refractivity contribution in [2.24, 2.45) is 0 Å². The smallest absolute Gasteiger partial charge is 0.246 e. The number of hydrogen-bond acceptors (Lipinski definition) is 6. The maximum atomic E-state index is 13.5. The fraction of sp³-hybridized carbons (Fsp3) is 0.231. The predicted molar refractivity (Wildman–Crippen MR) is 130 cm³/mol. The SMILES string of the molecule is Cc1ccccc1CN(C(=O)Cn1nnc2ccccc21)C(C)C(=O)Nc1ccc2c(c1)OCO2. The molecule has 2 amide bonds. The molecule has 1 aromatic heterocycles. The molecule has 0 spiro atoms. The Morgan fingerprint density at radius 2 is 1.83 bits per heavy atom. The number of nitrogens with zero attached hydrogens (tertiary/aromatic N) is 4. The van der Waals surface area contributed by atoms with Crippen LogP contribution < -0.4 is 14.8 Å². The second kappa shape index (κ2) is 9.46. The Labute approximate surface area is 202 Å². The second-order valence-electron chi connectivity index (χ2n) is 8.42. The van der Waals surface area contributed by atoms with E-state index in [2.05, 4.69) is 15.6 Å². The lowest BCUT2D eigenvalue weighted by atomic mass is 10.1. The fourth-order valence-corrected chi connectivity index (χ4v) is 4.03. The van der Waals surface area contributed by atoms with Crippen molar-refractivity contribution in [3.63, 3.8) is 0 Å². The number of amides is 2. The number of hydrogen-bond donors (Lipinski definition) is 1. The summed E-state index contributed by atoms with van der Waals surface area (Å²) in [5, 5.41) is 11.2. The van der Waals surface area contributed by atoms with Crippen molar-refractivity contribution in [1.82, 2.24) is 19.9 Å². The Bertz CT molecular complexity index is 1400. The number of rotatable bonds is 7. The van der Waals surface area contributed by atoms with Gasteiger partial charge in [-0.25, -0.2) is 4.68 Å². The molecular weight excluding hydrogens is 446 g/mol. The minimum absolute atomic E-state index is 0.0337. The molecule has 1 N–H and O–H groups in total. The molecule has 1 unspecified atom stereocenters. The molecule has 0 aliphatic carbocycles. The minimum Gasteiger partial charge on any atom is -0.454 e. The van der Waals surface area contributed by atoms with Crippen LogP contribution in [0.1, 0.15) is 18.1 Å². The third kappa shape index (κ3) is 4.65. The van der Waals surface area contributed by atoms with Crippen molar-refractivity contribution in [2.75, 3.05) is 12.1 Å². The maximum Gasteiger partial charge on any atom is 0.246 e. The molecular formula is C26H25N5O4. The van der Waals surface area contributed by atoms with E-state index in [-0.39, 0.29) is 31.7 Å². The van der Waals surface area contributed by atoms with E-state index in [0.717, 1.165) is 16.6 Å². The minimum atomic E-state index is -0.748. The third-order valence-electron chi connectivity index (χ3n) is 6.11. The first kappa shape index (κ1) is 22.4. The van der Waals surface area contributed by atoms with Crippen molar-refractivity contribution < 1.29 is 19.1 Å². The van der Waals surface area contributed by atoms with Gasteiger partial charge in [-0.3, -0.25) is 9.59 Å². The van der Waals surface area contributed by atoms with E-state index < -0.39 is 6.04 Å². The average molecular weight is 472 g/mol. The van der Waals surface area contributed by atoms with Gasteiger partial charge in [-0.2, -0.15) is 0 Å². The van der Waals surface area contributed by atoms with Crippen LogP contribution in [-0.4, -0.2) is 44.5 Å². The molecule has 0 saturated carbocycles. The van der Waals surface area contributed by atoms with Gasteiger partial charge in [0.2, 0.25) is 18.6 Å². The summed E-state index contributed by atoms with van der Waals surface area (Å²) in [6, 6.07) is 19.7. The third-order valence-corrected chi connectivity index (χ3v) is 6.11. The summed E-state index contributed by atoms with van der Waals surface area (Å²) in [5.41, 5.74) is 4.04. The second-order valence-corrected chi connectivity index (χ2v) is 8.42. The molecule has 3 aromatic carbocycles. The number of para-hydroxylation sites is 1. The van der Waals surface area contributed by atoms with Crippen LogP contribution in [0.25, 0.3) is 11.0 Å². The summed E-state index contributed by atoms with van der Waals surface area (Å²) in [5.74, 6) is 0.653. The van der Waals surface area contributed by atoms with Crippen LogP contribution in [0.2, 0.25) is 0 Å². The number of anilines is 1. The van der Waals surface area contributed by atoms with Crippen molar-refractivity contribution in [3.8, 4) is 11.5 Å². The summed E-state index contributed by atoms with van der Waals surface area (Å²) >= 11 is 0. The van der Waals surface area contributed by atoms with E-state index in [0.29, 0.717) is 22.7 Å². The van der Waals surface area contributed by atoms with Crippen LogP contribution in [0.15, 0.2) is 66.7 Å². The fourth-order valence-electron chi connectivity index (χ4n) is 4.03. The molecule has 9 heteroatoms. The molecule has 0 bridgehead atoms. The zero-order valence-electron chi connectivity index (χ0n) is 19.5. The van der Waals surface area contributed by atoms with Gasteiger partial charge in [-0.05, 0) is 49.2 Å². The number of carbonyl (C=O) groups is 2. The molecule has 4 aromatic rings. The molecule has 0 saturated heterocycles. The van der Waals surface area contributed by atoms with Crippen LogP contribution in [-0.2, 0) is 22.7 Å². The lowest BCUT2D eigenvalue weighted by Crippen LogP contribution is -2.46. The predicted octanol–water partition coefficient (Wildman–Crippen LogP) is 3.52. The van der Waals surface area contributed by atoms with Gasteiger partial charge < -0.3 is 19.7 Å². The first-order valence-corrected chi connectivity index (χ1v) is 11.3. The van der Waals surface area contributed by atoms with Gasteiger partial charge in [0.25, 0.3) is 0 Å². The molecule has 35 heavy (non-hydrogen) atoms. The summed E-state index contributed by atoms with van der Waals surface area (Å²) in [6.07, 6.45) is 0. The monoisotopic (exact) mass is 471 g/mol. The van der Waals surface area contributed by atoms with Gasteiger partial charge in [0.1, 0.15) is 18.1 Å². The van der Waals surface area contributed by atoms with Crippen molar-refractivity contribution in [1.29, 1.82) is 0 Å². The Kier molecular flexibility index (Phi) is 6.05. The first-order valence-electron chi connectivity index (χ1n) is 11.3. The van der Waals surface area contributed by atoms with Crippen LogP contribution in [0.3, 0.4) is 0 Å². The van der Waals surface area contributed by atoms with Crippen LogP contribution >= 0.6 is 0 Å². The summed E-state index contributed by atoms with van der Waals surface area (Å²) in [4.78, 5) is 28.3. The van der Waals surface area contributed by atoms with Gasteiger partial charge in [0.05, 0.1) is 5.52 Å². The van der Waals surface area contributed by atoms with E-state index in [9.17, 15) is 9.59 Å². The molecule has 9 nitrogen and oxygen atoms in total. The number of benzene rings is 3. The quantitative estimate of drug-likeness (QED) is 0.443. The topological polar surface area (TPSA) is 98.6 Å². The van der Waals surface area contributed by atoms with Gasteiger partial charge in [0, 0.05) is 18.3 Å². The van der Waals surface area contributed by atoms with E-state index >= 15 is 0 Å². The lowest BCUT2D eigenvalue weighted by Gasteiger charge is -2.29. The Morgan fingerprint density at radius 1 is 1.06 bits per heavy atom. The normalized spacial score (nSPS) is 13.0. The maximum absolute atomic E-state index is 13.5. The number of aromatic nitrogens is 3. The van der Waals surface area contributed by atoms with E-state index in [4.69, 9.17) is 9.47 Å². The molecule has 1 aliphatic heterocycles. The Balaban J connectivity index is 1.39. The molecule has 2 heterocycles. The summed E-state index contributed by atoms with van der Waals surface area (Å²) in [7, 11) is 0. The van der Waals surface area contributed by atoms with Gasteiger partial charge in [0.15, 0.2) is 11.5 Å². The van der Waals surface area contributed by atoms with Gasteiger partial charge in [-0.1, -0.05) is 41.6 Å². The average Bonchev–Trinajstić information content (AvgIpc) is 3.50. The number of fused-ring (bicyclic) bond motifs is 2. The number of carbonyl (C=O) groups excluding carboxylic acids is 2. The molecule has 1 aliphatic rings. The first-order chi connectivity index (χ1) is 17.0. The van der Waals surface area contributed by atoms with Crippen LogP contribution in [0.4, 0.5) is 5.69 Å². The highest BCUT2D eigenvalue weighted by atomic mass is 16.7. The molecule has 5 rings (SSSR count). The largest absolute Gasteiger partial charge is 0.454 e. The Morgan fingerprint density at radius 3 is 2.69 bits per heavy atom. The molecule has 0 fully saturated rings. The van der Waals surface area contributed by atoms with E-state index in [1.54, 1.807) is 34.7 Å². The van der Waals surface area contributed by atoms with Crippen molar-refractivity contribution in [2.45, 2.75) is 33.0 Å².